The standard InChI is InChI=1S/C10H15NO/c1-8(11)6-9-4-3-5-10(7-9)12-2/h3-5,7-8H,6,11H2,1-2H3/t8-/m1/s1. The molecule has 0 saturated heterocycles. The van der Waals surface area contributed by atoms with Gasteiger partial charge in [-0.2, -0.15) is 0 Å². The summed E-state index contributed by atoms with van der Waals surface area (Å²) in [5.41, 5.74) is 6.90. The van der Waals surface area contributed by atoms with Gasteiger partial charge in [0, 0.05) is 6.04 Å². The third kappa shape index (κ3) is 2.55. The lowest BCUT2D eigenvalue weighted by Crippen LogP contribution is -2.17. The van der Waals surface area contributed by atoms with Crippen LogP contribution in [0.15, 0.2) is 24.3 Å². The molecule has 0 heterocycles. The van der Waals surface area contributed by atoms with E-state index in [0.717, 1.165) is 12.2 Å². The quantitative estimate of drug-likeness (QED) is 0.738. The van der Waals surface area contributed by atoms with E-state index in [1.807, 2.05) is 25.1 Å². The van der Waals surface area contributed by atoms with Gasteiger partial charge in [-0.3, -0.25) is 0 Å². The highest BCUT2D eigenvalue weighted by Crippen LogP contribution is 2.13. The van der Waals surface area contributed by atoms with Crippen molar-refractivity contribution in [2.45, 2.75) is 19.4 Å². The molecule has 1 rings (SSSR count). The van der Waals surface area contributed by atoms with Gasteiger partial charge in [0.25, 0.3) is 0 Å². The number of hydrogen-bond donors (Lipinski definition) is 1. The Balaban J connectivity index is 2.72. The highest BCUT2D eigenvalue weighted by molar-refractivity contribution is 5.28. The fraction of sp³-hybridized carbons (Fsp3) is 0.400. The zero-order valence-corrected chi connectivity index (χ0v) is 7.58. The predicted molar refractivity (Wildman–Crippen MR) is 50.3 cm³/mol. The van der Waals surface area contributed by atoms with Crippen LogP contribution >= 0.6 is 0 Å². The van der Waals surface area contributed by atoms with E-state index < -0.39 is 0 Å². The molecule has 0 saturated carbocycles. The van der Waals surface area contributed by atoms with Crippen LogP contribution in [0.4, 0.5) is 0 Å². The SMILES string of the molecule is COc1cccc(C[C@@H](C)N)c1. The molecule has 1 aromatic carbocycles. The molecule has 1 aromatic rings. The van der Waals surface area contributed by atoms with E-state index in [1.54, 1.807) is 7.11 Å². The van der Waals surface area contributed by atoms with Gasteiger partial charge in [-0.25, -0.2) is 0 Å². The van der Waals surface area contributed by atoms with Crippen LogP contribution < -0.4 is 10.5 Å². The molecule has 0 bridgehead atoms. The molecule has 0 aliphatic heterocycles. The number of rotatable bonds is 3. The maximum atomic E-state index is 5.68. The van der Waals surface area contributed by atoms with Crippen molar-refractivity contribution in [1.82, 2.24) is 0 Å². The van der Waals surface area contributed by atoms with Crippen molar-refractivity contribution in [3.63, 3.8) is 0 Å². The molecule has 0 unspecified atom stereocenters. The van der Waals surface area contributed by atoms with Crippen LogP contribution in [-0.4, -0.2) is 13.2 Å². The zero-order valence-electron chi connectivity index (χ0n) is 7.58. The summed E-state index contributed by atoms with van der Waals surface area (Å²) >= 11 is 0. The van der Waals surface area contributed by atoms with E-state index in [2.05, 4.69) is 6.07 Å². The fourth-order valence-electron chi connectivity index (χ4n) is 1.17. The third-order valence-electron chi connectivity index (χ3n) is 1.69. The fourth-order valence-corrected chi connectivity index (χ4v) is 1.17. The smallest absolute Gasteiger partial charge is 0.119 e. The van der Waals surface area contributed by atoms with E-state index in [9.17, 15) is 0 Å². The Kier molecular flexibility index (Phi) is 3.11. The molecule has 0 fully saturated rings. The third-order valence-corrected chi connectivity index (χ3v) is 1.69. The summed E-state index contributed by atoms with van der Waals surface area (Å²) in [6.07, 6.45) is 0.900. The molecular formula is C10H15NO. The molecule has 0 aliphatic rings. The summed E-state index contributed by atoms with van der Waals surface area (Å²) in [4.78, 5) is 0. The van der Waals surface area contributed by atoms with E-state index in [1.165, 1.54) is 5.56 Å². The van der Waals surface area contributed by atoms with E-state index in [0.29, 0.717) is 0 Å². The minimum Gasteiger partial charge on any atom is -0.497 e. The lowest BCUT2D eigenvalue weighted by atomic mass is 10.1. The zero-order chi connectivity index (χ0) is 8.97. The van der Waals surface area contributed by atoms with Crippen LogP contribution in [0.2, 0.25) is 0 Å². The number of methoxy groups -OCH3 is 1. The van der Waals surface area contributed by atoms with Crippen LogP contribution in [0.5, 0.6) is 5.75 Å². The number of benzene rings is 1. The Morgan fingerprint density at radius 2 is 2.25 bits per heavy atom. The van der Waals surface area contributed by atoms with Gasteiger partial charge in [0.1, 0.15) is 5.75 Å². The Bertz CT molecular complexity index is 245. The maximum absolute atomic E-state index is 5.68. The average Bonchev–Trinajstić information content (AvgIpc) is 2.03. The second-order valence-corrected chi connectivity index (χ2v) is 3.03. The van der Waals surface area contributed by atoms with Crippen molar-refractivity contribution in [2.24, 2.45) is 5.73 Å². The molecule has 1 atom stereocenters. The van der Waals surface area contributed by atoms with Crippen molar-refractivity contribution in [2.75, 3.05) is 7.11 Å². The lowest BCUT2D eigenvalue weighted by Gasteiger charge is -2.06. The molecule has 0 radical (unpaired) electrons. The molecule has 0 aromatic heterocycles. The van der Waals surface area contributed by atoms with Crippen molar-refractivity contribution in [3.05, 3.63) is 29.8 Å². The predicted octanol–water partition coefficient (Wildman–Crippen LogP) is 1.58. The first-order chi connectivity index (χ1) is 5.72. The van der Waals surface area contributed by atoms with Crippen molar-refractivity contribution in [3.8, 4) is 5.75 Å². The largest absolute Gasteiger partial charge is 0.497 e. The summed E-state index contributed by atoms with van der Waals surface area (Å²) < 4.78 is 5.10. The molecule has 0 spiro atoms. The van der Waals surface area contributed by atoms with E-state index >= 15 is 0 Å². The average molecular weight is 165 g/mol. The Labute approximate surface area is 73.3 Å². The first kappa shape index (κ1) is 9.07. The number of nitrogens with two attached hydrogens (primary N) is 1. The Hall–Kier alpha value is -1.02. The molecule has 2 heteroatoms. The van der Waals surface area contributed by atoms with Gasteiger partial charge in [-0.15, -0.1) is 0 Å². The van der Waals surface area contributed by atoms with Gasteiger partial charge in [-0.05, 0) is 31.0 Å². The van der Waals surface area contributed by atoms with Crippen molar-refractivity contribution < 1.29 is 4.74 Å². The molecule has 12 heavy (non-hydrogen) atoms. The second-order valence-electron chi connectivity index (χ2n) is 3.03. The molecule has 2 nitrogen and oxygen atoms in total. The van der Waals surface area contributed by atoms with E-state index in [4.69, 9.17) is 10.5 Å². The summed E-state index contributed by atoms with van der Waals surface area (Å²) in [6, 6.07) is 8.20. The molecule has 0 amide bonds. The Morgan fingerprint density at radius 1 is 1.50 bits per heavy atom. The van der Waals surface area contributed by atoms with Crippen LogP contribution in [0.1, 0.15) is 12.5 Å². The summed E-state index contributed by atoms with van der Waals surface area (Å²) in [5, 5.41) is 0. The lowest BCUT2D eigenvalue weighted by molar-refractivity contribution is 0.414. The van der Waals surface area contributed by atoms with E-state index in [-0.39, 0.29) is 6.04 Å². The van der Waals surface area contributed by atoms with Gasteiger partial charge in [-0.1, -0.05) is 12.1 Å². The topological polar surface area (TPSA) is 35.2 Å². The van der Waals surface area contributed by atoms with Crippen LogP contribution in [0.25, 0.3) is 0 Å². The van der Waals surface area contributed by atoms with Crippen molar-refractivity contribution in [1.29, 1.82) is 0 Å². The monoisotopic (exact) mass is 165 g/mol. The first-order valence-electron chi connectivity index (χ1n) is 4.11. The summed E-state index contributed by atoms with van der Waals surface area (Å²) in [6.45, 7) is 2.00. The first-order valence-corrected chi connectivity index (χ1v) is 4.11. The van der Waals surface area contributed by atoms with Crippen LogP contribution in [0, 0.1) is 0 Å². The highest BCUT2D eigenvalue weighted by Gasteiger charge is 1.98. The van der Waals surface area contributed by atoms with Crippen LogP contribution in [-0.2, 0) is 6.42 Å². The van der Waals surface area contributed by atoms with Gasteiger partial charge in [0.05, 0.1) is 7.11 Å². The highest BCUT2D eigenvalue weighted by atomic mass is 16.5. The minimum absolute atomic E-state index is 0.206. The normalized spacial score (nSPS) is 12.6. The van der Waals surface area contributed by atoms with Crippen LogP contribution in [0.3, 0.4) is 0 Å². The molecular weight excluding hydrogens is 150 g/mol. The van der Waals surface area contributed by atoms with Crippen molar-refractivity contribution >= 4 is 0 Å². The number of hydrogen-bond acceptors (Lipinski definition) is 2. The molecule has 2 N–H and O–H groups in total. The second kappa shape index (κ2) is 4.12. The molecule has 0 aliphatic carbocycles. The van der Waals surface area contributed by atoms with Gasteiger partial charge in [0.2, 0.25) is 0 Å². The van der Waals surface area contributed by atoms with Gasteiger partial charge >= 0.3 is 0 Å². The maximum Gasteiger partial charge on any atom is 0.119 e. The van der Waals surface area contributed by atoms with Gasteiger partial charge in [0.15, 0.2) is 0 Å². The minimum atomic E-state index is 0.206. The number of ether oxygens (including phenoxy) is 1. The summed E-state index contributed by atoms with van der Waals surface area (Å²) in [5.74, 6) is 0.896. The van der Waals surface area contributed by atoms with Gasteiger partial charge < -0.3 is 10.5 Å². The summed E-state index contributed by atoms with van der Waals surface area (Å²) in [7, 11) is 1.67. The molecule has 66 valence electrons. The Morgan fingerprint density at radius 3 is 2.83 bits per heavy atom.